The van der Waals surface area contributed by atoms with Crippen molar-refractivity contribution < 1.29 is 35.4 Å². The van der Waals surface area contributed by atoms with Crippen molar-refractivity contribution >= 4 is 0 Å². The van der Waals surface area contributed by atoms with E-state index in [1.165, 1.54) is 0 Å². The normalized spacial score (nSPS) is 24.5. The fraction of sp³-hybridized carbons (Fsp3) is 0.875. The maximum Gasteiger partial charge on any atom is 1.00 e. The molecule has 0 radical (unpaired) electrons. The summed E-state index contributed by atoms with van der Waals surface area (Å²) in [7, 11) is 0. The third-order valence-electron chi connectivity index (χ3n) is 1.89. The number of halogens is 1. The van der Waals surface area contributed by atoms with Crippen LogP contribution in [0.25, 0.3) is 0 Å². The molecule has 1 rings (SSSR count). The third kappa shape index (κ3) is 4.46. The van der Waals surface area contributed by atoms with Gasteiger partial charge >= 0.3 is 29.6 Å². The molecule has 0 aromatic carbocycles. The van der Waals surface area contributed by atoms with E-state index in [1.54, 1.807) is 0 Å². The van der Waals surface area contributed by atoms with Crippen molar-refractivity contribution in [2.24, 2.45) is 0 Å². The van der Waals surface area contributed by atoms with Crippen LogP contribution in [0.4, 0.5) is 4.39 Å². The summed E-state index contributed by atoms with van der Waals surface area (Å²) in [4.78, 5) is 2.17. The molecule has 1 atom stereocenters. The van der Waals surface area contributed by atoms with E-state index in [-0.39, 0.29) is 38.4 Å². The van der Waals surface area contributed by atoms with Gasteiger partial charge in [-0.05, 0) is 20.3 Å². The largest absolute Gasteiger partial charge is 1.00 e. The maximum absolute atomic E-state index is 12.5. The van der Waals surface area contributed by atoms with E-state index in [2.05, 4.69) is 18.7 Å². The molecule has 0 saturated carbocycles. The molecule has 1 aliphatic heterocycles. The quantitative estimate of drug-likeness (QED) is 0.360. The second-order valence-corrected chi connectivity index (χ2v) is 2.97. The van der Waals surface area contributed by atoms with Crippen LogP contribution in [0.2, 0.25) is 0 Å². The molecule has 0 aromatic rings. The van der Waals surface area contributed by atoms with Crippen LogP contribution in [0.1, 0.15) is 21.7 Å². The standard InChI is InChI=1S/C7H14FN.CH3.Na.H/c1-6(2)9-4-3-7(8)5-9;;;/h6-7H,3-5H2,1-2H3;1H3;;/q;-1;+1;-1. The second kappa shape index (κ2) is 6.41. The van der Waals surface area contributed by atoms with Gasteiger partial charge in [-0.2, -0.15) is 0 Å². The van der Waals surface area contributed by atoms with E-state index in [1.807, 2.05) is 0 Å². The fourth-order valence-corrected chi connectivity index (χ4v) is 1.21. The van der Waals surface area contributed by atoms with Crippen molar-refractivity contribution in [3.8, 4) is 0 Å². The Balaban J connectivity index is -0.000000270. The van der Waals surface area contributed by atoms with E-state index in [9.17, 15) is 4.39 Å². The molecule has 0 aliphatic carbocycles. The van der Waals surface area contributed by atoms with Gasteiger partial charge < -0.3 is 8.85 Å². The van der Waals surface area contributed by atoms with Crippen molar-refractivity contribution in [1.29, 1.82) is 0 Å². The first-order valence-electron chi connectivity index (χ1n) is 3.58. The molecule has 0 N–H and O–H groups in total. The van der Waals surface area contributed by atoms with Crippen LogP contribution in [0.3, 0.4) is 0 Å². The third-order valence-corrected chi connectivity index (χ3v) is 1.89. The van der Waals surface area contributed by atoms with Crippen LogP contribution in [-0.2, 0) is 0 Å². The minimum Gasteiger partial charge on any atom is -1.00 e. The van der Waals surface area contributed by atoms with E-state index in [4.69, 9.17) is 0 Å². The van der Waals surface area contributed by atoms with Crippen molar-refractivity contribution in [3.63, 3.8) is 0 Å². The maximum atomic E-state index is 12.5. The Morgan fingerprint density at radius 1 is 1.55 bits per heavy atom. The first-order chi connectivity index (χ1) is 4.20. The molecule has 0 aromatic heterocycles. The Hall–Kier alpha value is 0.890. The molecule has 0 amide bonds. The summed E-state index contributed by atoms with van der Waals surface area (Å²) in [6, 6.07) is 0.519. The molecule has 64 valence electrons. The SMILES string of the molecule is CC(C)N1CCC(F)C1.[CH3-].[H-].[Na+]. The number of hydrogen-bond acceptors (Lipinski definition) is 1. The molecule has 1 unspecified atom stereocenters. The molecule has 1 saturated heterocycles. The zero-order valence-corrected chi connectivity index (χ0v) is 10.1. The topological polar surface area (TPSA) is 3.24 Å². The van der Waals surface area contributed by atoms with Crippen LogP contribution >= 0.6 is 0 Å². The molecule has 1 aliphatic rings. The number of alkyl halides is 1. The first-order valence-corrected chi connectivity index (χ1v) is 3.58. The minimum absolute atomic E-state index is 0. The summed E-state index contributed by atoms with van der Waals surface area (Å²) < 4.78 is 12.5. The molecule has 0 bridgehead atoms. The smallest absolute Gasteiger partial charge is 1.00 e. The number of hydrogen-bond donors (Lipinski definition) is 0. The average Bonchev–Trinajstić information content (AvgIpc) is 2.14. The van der Waals surface area contributed by atoms with Crippen LogP contribution < -0.4 is 29.6 Å². The summed E-state index contributed by atoms with van der Waals surface area (Å²) in [5.41, 5.74) is 0. The van der Waals surface area contributed by atoms with Gasteiger partial charge in [-0.25, -0.2) is 4.39 Å². The van der Waals surface area contributed by atoms with Crippen molar-refractivity contribution in [2.75, 3.05) is 13.1 Å². The number of likely N-dealkylation sites (tertiary alicyclic amines) is 1. The van der Waals surface area contributed by atoms with Gasteiger partial charge in [-0.1, -0.05) is 0 Å². The van der Waals surface area contributed by atoms with Gasteiger partial charge in [0.15, 0.2) is 0 Å². The molecule has 1 nitrogen and oxygen atoms in total. The van der Waals surface area contributed by atoms with Gasteiger partial charge in [0.25, 0.3) is 0 Å². The zero-order valence-electron chi connectivity index (χ0n) is 9.10. The summed E-state index contributed by atoms with van der Waals surface area (Å²) in [5.74, 6) is 0. The van der Waals surface area contributed by atoms with Crippen molar-refractivity contribution in [3.05, 3.63) is 7.43 Å². The Labute approximate surface area is 93.1 Å². The minimum atomic E-state index is -0.563. The van der Waals surface area contributed by atoms with Crippen LogP contribution in [0.5, 0.6) is 0 Å². The zero-order chi connectivity index (χ0) is 6.85. The molecule has 0 spiro atoms. The van der Waals surface area contributed by atoms with Crippen LogP contribution in [0.15, 0.2) is 0 Å². The number of nitrogens with zero attached hydrogens (tertiary/aromatic N) is 1. The van der Waals surface area contributed by atoms with Gasteiger partial charge in [0.2, 0.25) is 0 Å². The Morgan fingerprint density at radius 3 is 2.27 bits per heavy atom. The van der Waals surface area contributed by atoms with E-state index < -0.39 is 6.17 Å². The van der Waals surface area contributed by atoms with E-state index >= 15 is 0 Å². The van der Waals surface area contributed by atoms with Crippen molar-refractivity contribution in [1.82, 2.24) is 4.90 Å². The van der Waals surface area contributed by atoms with Crippen LogP contribution in [-0.4, -0.2) is 30.2 Å². The molecular formula is C8H18FNNa-. The Kier molecular flexibility index (Phi) is 8.40. The molecule has 1 heterocycles. The first kappa shape index (κ1) is 14.4. The number of rotatable bonds is 1. The van der Waals surface area contributed by atoms with Gasteiger partial charge in [-0.3, -0.25) is 4.90 Å². The summed E-state index contributed by atoms with van der Waals surface area (Å²) >= 11 is 0. The second-order valence-electron chi connectivity index (χ2n) is 2.97. The summed E-state index contributed by atoms with van der Waals surface area (Å²) in [6.45, 7) is 5.81. The van der Waals surface area contributed by atoms with Gasteiger partial charge in [0.05, 0.1) is 0 Å². The van der Waals surface area contributed by atoms with Crippen LogP contribution in [0, 0.1) is 7.43 Å². The van der Waals surface area contributed by atoms with Gasteiger partial charge in [-0.15, -0.1) is 0 Å². The molecule has 1 fully saturated rings. The average molecular weight is 170 g/mol. The fourth-order valence-electron chi connectivity index (χ4n) is 1.21. The van der Waals surface area contributed by atoms with Gasteiger partial charge in [0.1, 0.15) is 6.17 Å². The molecular weight excluding hydrogens is 152 g/mol. The molecule has 11 heavy (non-hydrogen) atoms. The predicted octanol–water partition coefficient (Wildman–Crippen LogP) is -0.995. The van der Waals surface area contributed by atoms with Crippen molar-refractivity contribution in [2.45, 2.75) is 32.5 Å². The monoisotopic (exact) mass is 170 g/mol. The van der Waals surface area contributed by atoms with E-state index in [0.29, 0.717) is 12.6 Å². The van der Waals surface area contributed by atoms with E-state index in [0.717, 1.165) is 13.0 Å². The Morgan fingerprint density at radius 2 is 2.09 bits per heavy atom. The summed E-state index contributed by atoms with van der Waals surface area (Å²) in [6.07, 6.45) is 0.172. The molecule has 3 heteroatoms. The summed E-state index contributed by atoms with van der Waals surface area (Å²) in [5, 5.41) is 0. The Bertz CT molecular complexity index is 103. The predicted molar refractivity (Wildman–Crippen MR) is 43.7 cm³/mol. The van der Waals surface area contributed by atoms with Gasteiger partial charge in [0, 0.05) is 19.1 Å².